The van der Waals surface area contributed by atoms with Gasteiger partial charge in [0, 0.05) is 12.6 Å². The molecule has 2 N–H and O–H groups in total. The van der Waals surface area contributed by atoms with Crippen molar-refractivity contribution in [2.75, 3.05) is 12.3 Å². The quantitative estimate of drug-likeness (QED) is 0.860. The smallest absolute Gasteiger partial charge is 0.213 e. The van der Waals surface area contributed by atoms with Crippen molar-refractivity contribution in [3.63, 3.8) is 0 Å². The Hall–Kier alpha value is -0.980. The van der Waals surface area contributed by atoms with Gasteiger partial charge in [-0.05, 0) is 37.1 Å². The molecule has 2 rings (SSSR count). The minimum atomic E-state index is -3.30. The monoisotopic (exact) mass is 286 g/mol. The zero-order valence-corrected chi connectivity index (χ0v) is 11.5. The average molecular weight is 286 g/mol. The molecule has 0 aromatic heterocycles. The third-order valence-corrected chi connectivity index (χ3v) is 4.67. The number of piperidine rings is 1. The maximum Gasteiger partial charge on any atom is 0.213 e. The van der Waals surface area contributed by atoms with Gasteiger partial charge < -0.3 is 5.32 Å². The first-order valence-electron chi connectivity index (χ1n) is 6.50. The van der Waals surface area contributed by atoms with E-state index in [0.717, 1.165) is 31.4 Å². The van der Waals surface area contributed by atoms with Crippen LogP contribution in [0.15, 0.2) is 24.3 Å². The fraction of sp³-hybridized carbons (Fsp3) is 0.538. The van der Waals surface area contributed by atoms with E-state index < -0.39 is 10.0 Å². The lowest BCUT2D eigenvalue weighted by molar-refractivity contribution is 0.422. The standard InChI is InChI=1S/C13H19FN2O2S/c14-12-6-4-11(5-7-12)9-16-19(17,18)10-13-3-1-2-8-15-13/h4-7,13,15-16H,1-3,8-10H2. The second kappa shape index (κ2) is 6.45. The first-order valence-corrected chi connectivity index (χ1v) is 8.15. The summed E-state index contributed by atoms with van der Waals surface area (Å²) < 4.78 is 39.1. The summed E-state index contributed by atoms with van der Waals surface area (Å²) in [6.07, 6.45) is 3.09. The fourth-order valence-electron chi connectivity index (χ4n) is 2.19. The lowest BCUT2D eigenvalue weighted by atomic mass is 10.1. The van der Waals surface area contributed by atoms with Crippen molar-refractivity contribution in [2.45, 2.75) is 31.8 Å². The lowest BCUT2D eigenvalue weighted by Gasteiger charge is -2.23. The molecule has 19 heavy (non-hydrogen) atoms. The molecule has 1 fully saturated rings. The van der Waals surface area contributed by atoms with Gasteiger partial charge in [0.2, 0.25) is 10.0 Å². The van der Waals surface area contributed by atoms with Crippen LogP contribution in [-0.4, -0.2) is 26.8 Å². The van der Waals surface area contributed by atoms with Crippen molar-refractivity contribution >= 4 is 10.0 Å². The topological polar surface area (TPSA) is 58.2 Å². The molecule has 1 unspecified atom stereocenters. The second-order valence-corrected chi connectivity index (χ2v) is 6.73. The van der Waals surface area contributed by atoms with E-state index in [1.54, 1.807) is 12.1 Å². The van der Waals surface area contributed by atoms with Crippen molar-refractivity contribution in [1.82, 2.24) is 10.0 Å². The lowest BCUT2D eigenvalue weighted by Crippen LogP contribution is -2.42. The van der Waals surface area contributed by atoms with Crippen molar-refractivity contribution in [3.05, 3.63) is 35.6 Å². The van der Waals surface area contributed by atoms with Crippen molar-refractivity contribution in [3.8, 4) is 0 Å². The van der Waals surface area contributed by atoms with E-state index >= 15 is 0 Å². The van der Waals surface area contributed by atoms with Crippen LogP contribution in [0, 0.1) is 5.82 Å². The van der Waals surface area contributed by atoms with Gasteiger partial charge in [-0.2, -0.15) is 0 Å². The average Bonchev–Trinajstić information content (AvgIpc) is 2.39. The molecule has 1 aromatic rings. The number of rotatable bonds is 5. The molecule has 1 saturated heterocycles. The normalized spacial score (nSPS) is 20.4. The van der Waals surface area contributed by atoms with Crippen LogP contribution >= 0.6 is 0 Å². The maximum atomic E-state index is 12.7. The van der Waals surface area contributed by atoms with Gasteiger partial charge in [-0.3, -0.25) is 0 Å². The molecular formula is C13H19FN2O2S. The molecule has 1 aliphatic heterocycles. The molecule has 0 bridgehead atoms. The van der Waals surface area contributed by atoms with E-state index in [1.807, 2.05) is 0 Å². The van der Waals surface area contributed by atoms with Crippen LogP contribution in [0.4, 0.5) is 4.39 Å². The first kappa shape index (κ1) is 14.4. The molecule has 4 nitrogen and oxygen atoms in total. The number of sulfonamides is 1. The van der Waals surface area contributed by atoms with Crippen LogP contribution in [0.3, 0.4) is 0 Å². The summed E-state index contributed by atoms with van der Waals surface area (Å²) >= 11 is 0. The van der Waals surface area contributed by atoms with Crippen molar-refractivity contribution < 1.29 is 12.8 Å². The largest absolute Gasteiger partial charge is 0.313 e. The van der Waals surface area contributed by atoms with Crippen LogP contribution in [-0.2, 0) is 16.6 Å². The summed E-state index contributed by atoms with van der Waals surface area (Å²) in [5.74, 6) is -0.216. The summed E-state index contributed by atoms with van der Waals surface area (Å²) in [4.78, 5) is 0. The highest BCUT2D eigenvalue weighted by Crippen LogP contribution is 2.09. The molecule has 0 amide bonds. The number of benzene rings is 1. The van der Waals surface area contributed by atoms with Gasteiger partial charge >= 0.3 is 0 Å². The highest BCUT2D eigenvalue weighted by molar-refractivity contribution is 7.89. The molecule has 106 valence electrons. The Labute approximate surface area is 113 Å². The van der Waals surface area contributed by atoms with Gasteiger partial charge in [0.05, 0.1) is 5.75 Å². The van der Waals surface area contributed by atoms with E-state index in [0.29, 0.717) is 0 Å². The predicted octanol–water partition coefficient (Wildman–Crippen LogP) is 1.39. The Morgan fingerprint density at radius 1 is 1.26 bits per heavy atom. The first-order chi connectivity index (χ1) is 9.05. The molecule has 1 atom stereocenters. The van der Waals surface area contributed by atoms with E-state index in [4.69, 9.17) is 0 Å². The summed E-state index contributed by atoms with van der Waals surface area (Å²) in [7, 11) is -3.30. The minimum absolute atomic E-state index is 0.0412. The van der Waals surface area contributed by atoms with Crippen molar-refractivity contribution in [1.29, 1.82) is 0 Å². The van der Waals surface area contributed by atoms with Crippen molar-refractivity contribution in [2.24, 2.45) is 0 Å². The Morgan fingerprint density at radius 3 is 2.63 bits per heavy atom. The van der Waals surface area contributed by atoms with Gasteiger partial charge in [0.25, 0.3) is 0 Å². The molecule has 0 aliphatic carbocycles. The highest BCUT2D eigenvalue weighted by Gasteiger charge is 2.20. The third-order valence-electron chi connectivity index (χ3n) is 3.24. The van der Waals surface area contributed by atoms with Crippen LogP contribution in [0.1, 0.15) is 24.8 Å². The van der Waals surface area contributed by atoms with E-state index in [9.17, 15) is 12.8 Å². The van der Waals surface area contributed by atoms with Crippen LogP contribution in [0.2, 0.25) is 0 Å². The maximum absolute atomic E-state index is 12.7. The predicted molar refractivity (Wildman–Crippen MR) is 72.7 cm³/mol. The Bertz CT molecular complexity index is 496. The SMILES string of the molecule is O=S(=O)(CC1CCCCN1)NCc1ccc(F)cc1. The number of nitrogens with one attached hydrogen (secondary N) is 2. The molecular weight excluding hydrogens is 267 g/mol. The molecule has 0 radical (unpaired) electrons. The van der Waals surface area contributed by atoms with Crippen LogP contribution in [0.25, 0.3) is 0 Å². The van der Waals surface area contributed by atoms with Gasteiger partial charge in [-0.1, -0.05) is 18.6 Å². The third kappa shape index (κ3) is 4.89. The van der Waals surface area contributed by atoms with Gasteiger partial charge in [0.1, 0.15) is 5.82 Å². The number of hydrogen-bond acceptors (Lipinski definition) is 3. The fourth-order valence-corrected chi connectivity index (χ4v) is 3.50. The Kier molecular flexibility index (Phi) is 4.90. The molecule has 0 saturated carbocycles. The molecule has 0 spiro atoms. The van der Waals surface area contributed by atoms with Crippen LogP contribution in [0.5, 0.6) is 0 Å². The zero-order chi connectivity index (χ0) is 13.7. The summed E-state index contributed by atoms with van der Waals surface area (Å²) in [6, 6.07) is 5.85. The molecule has 6 heteroatoms. The molecule has 1 aliphatic rings. The number of hydrogen-bond donors (Lipinski definition) is 2. The summed E-state index contributed by atoms with van der Waals surface area (Å²) in [6.45, 7) is 1.09. The van der Waals surface area contributed by atoms with Crippen LogP contribution < -0.4 is 10.0 Å². The van der Waals surface area contributed by atoms with Gasteiger partial charge in [-0.15, -0.1) is 0 Å². The zero-order valence-electron chi connectivity index (χ0n) is 10.7. The summed E-state index contributed by atoms with van der Waals surface area (Å²) in [5.41, 5.74) is 0.751. The summed E-state index contributed by atoms with van der Waals surface area (Å²) in [5, 5.41) is 3.21. The second-order valence-electron chi connectivity index (χ2n) is 4.88. The van der Waals surface area contributed by atoms with E-state index in [2.05, 4.69) is 10.0 Å². The molecule has 1 heterocycles. The van der Waals surface area contributed by atoms with E-state index in [1.165, 1.54) is 12.1 Å². The van der Waals surface area contributed by atoms with Gasteiger partial charge in [-0.25, -0.2) is 17.5 Å². The highest BCUT2D eigenvalue weighted by atomic mass is 32.2. The number of halogens is 1. The molecule has 1 aromatic carbocycles. The van der Waals surface area contributed by atoms with Gasteiger partial charge in [0.15, 0.2) is 0 Å². The Morgan fingerprint density at radius 2 is 2.00 bits per heavy atom. The Balaban J connectivity index is 1.84. The van der Waals surface area contributed by atoms with E-state index in [-0.39, 0.29) is 24.2 Å². The minimum Gasteiger partial charge on any atom is -0.313 e.